The van der Waals surface area contributed by atoms with Crippen LogP contribution in [0.5, 0.6) is 0 Å². The molecule has 0 radical (unpaired) electrons. The third kappa shape index (κ3) is 2.57. The van der Waals surface area contributed by atoms with Crippen molar-refractivity contribution in [2.45, 2.75) is 51.4 Å². The zero-order valence-corrected chi connectivity index (χ0v) is 10.8. The summed E-state index contributed by atoms with van der Waals surface area (Å²) in [5.41, 5.74) is 1.14. The molecule has 2 rings (SSSR count). The van der Waals surface area contributed by atoms with E-state index < -0.39 is 0 Å². The van der Waals surface area contributed by atoms with Crippen LogP contribution in [0.2, 0.25) is 0 Å². The second-order valence-corrected chi connectivity index (χ2v) is 5.07. The second-order valence-electron chi connectivity index (χ2n) is 4.21. The molecule has 1 aliphatic rings. The smallest absolute Gasteiger partial charge is 0.131 e. The van der Waals surface area contributed by atoms with Gasteiger partial charge in [-0.15, -0.1) is 0 Å². The maximum Gasteiger partial charge on any atom is 0.131 e. The van der Waals surface area contributed by atoms with Crippen LogP contribution >= 0.6 is 15.9 Å². The Morgan fingerprint density at radius 1 is 1.33 bits per heavy atom. The lowest BCUT2D eigenvalue weighted by Crippen LogP contribution is -2.10. The van der Waals surface area contributed by atoms with Gasteiger partial charge in [-0.05, 0) is 35.2 Å². The lowest BCUT2D eigenvalue weighted by atomic mass is 9.88. The molecule has 1 aromatic heterocycles. The van der Waals surface area contributed by atoms with Crippen LogP contribution in [-0.2, 0) is 6.42 Å². The normalized spacial score (nSPS) is 18.0. The van der Waals surface area contributed by atoms with Crippen molar-refractivity contribution in [3.63, 3.8) is 0 Å². The number of halogens is 1. The summed E-state index contributed by atoms with van der Waals surface area (Å²) in [6.07, 6.45) is 9.49. The number of hydrogen-bond donors (Lipinski definition) is 0. The molecule has 2 nitrogen and oxygen atoms in total. The molecular formula is C12H17BrN2. The van der Waals surface area contributed by atoms with Crippen molar-refractivity contribution in [1.82, 2.24) is 9.97 Å². The van der Waals surface area contributed by atoms with Crippen molar-refractivity contribution in [3.05, 3.63) is 22.2 Å². The predicted octanol–water partition coefficient (Wildman–Crippen LogP) is 3.85. The van der Waals surface area contributed by atoms with Gasteiger partial charge >= 0.3 is 0 Å². The summed E-state index contributed by atoms with van der Waals surface area (Å²) in [4.78, 5) is 9.11. The van der Waals surface area contributed by atoms with Gasteiger partial charge in [0.2, 0.25) is 0 Å². The molecule has 0 aromatic carbocycles. The molecule has 0 aliphatic heterocycles. The molecule has 1 aliphatic carbocycles. The topological polar surface area (TPSA) is 25.8 Å². The van der Waals surface area contributed by atoms with Gasteiger partial charge in [0.25, 0.3) is 0 Å². The van der Waals surface area contributed by atoms with Gasteiger partial charge in [0.1, 0.15) is 5.82 Å². The average Bonchev–Trinajstić information content (AvgIpc) is 2.31. The van der Waals surface area contributed by atoms with Crippen LogP contribution in [0, 0.1) is 0 Å². The zero-order chi connectivity index (χ0) is 10.7. The molecular weight excluding hydrogens is 252 g/mol. The maximum absolute atomic E-state index is 4.66. The van der Waals surface area contributed by atoms with E-state index in [9.17, 15) is 0 Å². The summed E-state index contributed by atoms with van der Waals surface area (Å²) >= 11 is 3.49. The summed E-state index contributed by atoms with van der Waals surface area (Å²) in [6.45, 7) is 2.14. The minimum atomic E-state index is 0.608. The minimum Gasteiger partial charge on any atom is -0.240 e. The Hall–Kier alpha value is -0.440. The molecule has 15 heavy (non-hydrogen) atoms. The largest absolute Gasteiger partial charge is 0.240 e. The van der Waals surface area contributed by atoms with E-state index in [4.69, 9.17) is 0 Å². The first-order valence-corrected chi connectivity index (χ1v) is 6.62. The summed E-state index contributed by atoms with van der Waals surface area (Å²) in [6, 6.07) is 0. The third-order valence-electron chi connectivity index (χ3n) is 3.14. The van der Waals surface area contributed by atoms with Crippen LogP contribution in [0.25, 0.3) is 0 Å². The first kappa shape index (κ1) is 11.1. The van der Waals surface area contributed by atoms with Crippen molar-refractivity contribution in [3.8, 4) is 0 Å². The molecule has 1 fully saturated rings. The highest BCUT2D eigenvalue weighted by Crippen LogP contribution is 2.31. The van der Waals surface area contributed by atoms with E-state index in [0.29, 0.717) is 5.92 Å². The van der Waals surface area contributed by atoms with Gasteiger partial charge in [0.15, 0.2) is 0 Å². The van der Waals surface area contributed by atoms with E-state index in [0.717, 1.165) is 22.4 Å². The molecule has 0 bridgehead atoms. The molecule has 1 saturated carbocycles. The quantitative estimate of drug-likeness (QED) is 0.815. The lowest BCUT2D eigenvalue weighted by Gasteiger charge is -2.20. The standard InChI is InChI=1S/C12H17BrN2/c1-2-11-10(13)8-14-12(15-11)9-6-4-3-5-7-9/h8-9H,2-7H2,1H3. The summed E-state index contributed by atoms with van der Waals surface area (Å²) in [5, 5.41) is 0. The van der Waals surface area contributed by atoms with Crippen molar-refractivity contribution in [2.75, 3.05) is 0 Å². The fourth-order valence-corrected chi connectivity index (χ4v) is 2.69. The van der Waals surface area contributed by atoms with Crippen LogP contribution in [-0.4, -0.2) is 9.97 Å². The van der Waals surface area contributed by atoms with Gasteiger partial charge in [-0.1, -0.05) is 26.2 Å². The van der Waals surface area contributed by atoms with Crippen molar-refractivity contribution < 1.29 is 0 Å². The second kappa shape index (κ2) is 5.06. The molecule has 0 amide bonds. The first-order valence-electron chi connectivity index (χ1n) is 5.82. The SMILES string of the molecule is CCc1nc(C2CCCCC2)ncc1Br. The Balaban J connectivity index is 2.20. The maximum atomic E-state index is 4.66. The van der Waals surface area contributed by atoms with Crippen LogP contribution in [0.4, 0.5) is 0 Å². The molecule has 0 N–H and O–H groups in total. The lowest BCUT2D eigenvalue weighted by molar-refractivity contribution is 0.427. The fraction of sp³-hybridized carbons (Fsp3) is 0.667. The van der Waals surface area contributed by atoms with E-state index in [2.05, 4.69) is 32.8 Å². The predicted molar refractivity (Wildman–Crippen MR) is 64.9 cm³/mol. The van der Waals surface area contributed by atoms with Crippen LogP contribution in [0.3, 0.4) is 0 Å². The minimum absolute atomic E-state index is 0.608. The monoisotopic (exact) mass is 268 g/mol. The van der Waals surface area contributed by atoms with Gasteiger partial charge in [-0.3, -0.25) is 0 Å². The zero-order valence-electron chi connectivity index (χ0n) is 9.17. The fourth-order valence-electron chi connectivity index (χ4n) is 2.22. The highest BCUT2D eigenvalue weighted by atomic mass is 79.9. The van der Waals surface area contributed by atoms with Gasteiger partial charge < -0.3 is 0 Å². The highest BCUT2D eigenvalue weighted by Gasteiger charge is 2.18. The Bertz CT molecular complexity index is 332. The van der Waals surface area contributed by atoms with Crippen LogP contribution < -0.4 is 0 Å². The number of aryl methyl sites for hydroxylation is 1. The Labute approximate surface area is 99.7 Å². The summed E-state index contributed by atoms with van der Waals surface area (Å²) < 4.78 is 1.05. The van der Waals surface area contributed by atoms with E-state index >= 15 is 0 Å². The number of nitrogens with zero attached hydrogens (tertiary/aromatic N) is 2. The van der Waals surface area contributed by atoms with Gasteiger partial charge in [0, 0.05) is 12.1 Å². The van der Waals surface area contributed by atoms with E-state index in [1.54, 1.807) is 0 Å². The van der Waals surface area contributed by atoms with Gasteiger partial charge in [-0.25, -0.2) is 9.97 Å². The molecule has 1 heterocycles. The van der Waals surface area contributed by atoms with Crippen LogP contribution in [0.15, 0.2) is 10.7 Å². The summed E-state index contributed by atoms with van der Waals surface area (Å²) in [5.74, 6) is 1.67. The number of rotatable bonds is 2. The van der Waals surface area contributed by atoms with Gasteiger partial charge in [-0.2, -0.15) is 0 Å². The van der Waals surface area contributed by atoms with Crippen molar-refractivity contribution >= 4 is 15.9 Å². The van der Waals surface area contributed by atoms with Crippen molar-refractivity contribution in [1.29, 1.82) is 0 Å². The van der Waals surface area contributed by atoms with Crippen molar-refractivity contribution in [2.24, 2.45) is 0 Å². The Morgan fingerprint density at radius 2 is 2.07 bits per heavy atom. The number of aromatic nitrogens is 2. The van der Waals surface area contributed by atoms with E-state index in [-0.39, 0.29) is 0 Å². The summed E-state index contributed by atoms with van der Waals surface area (Å²) in [7, 11) is 0. The average molecular weight is 269 g/mol. The molecule has 0 atom stereocenters. The van der Waals surface area contributed by atoms with E-state index in [1.807, 2.05) is 6.20 Å². The Kier molecular flexibility index (Phi) is 3.73. The first-order chi connectivity index (χ1) is 7.31. The molecule has 3 heteroatoms. The molecule has 0 spiro atoms. The number of hydrogen-bond acceptors (Lipinski definition) is 2. The van der Waals surface area contributed by atoms with Gasteiger partial charge in [0.05, 0.1) is 10.2 Å². The molecule has 1 aromatic rings. The molecule has 0 saturated heterocycles. The van der Waals surface area contributed by atoms with E-state index in [1.165, 1.54) is 32.1 Å². The molecule has 0 unspecified atom stereocenters. The third-order valence-corrected chi connectivity index (χ3v) is 3.80. The highest BCUT2D eigenvalue weighted by molar-refractivity contribution is 9.10. The Morgan fingerprint density at radius 3 is 2.73 bits per heavy atom. The molecule has 82 valence electrons. The van der Waals surface area contributed by atoms with Crippen LogP contribution in [0.1, 0.15) is 56.5 Å².